The van der Waals surface area contributed by atoms with Crippen LogP contribution in [0.25, 0.3) is 0 Å². The summed E-state index contributed by atoms with van der Waals surface area (Å²) in [6, 6.07) is 6.31. The third-order valence-electron chi connectivity index (χ3n) is 4.10. The molecule has 0 aliphatic heterocycles. The highest BCUT2D eigenvalue weighted by Crippen LogP contribution is 2.36. The van der Waals surface area contributed by atoms with Crippen LogP contribution >= 0.6 is 0 Å². The second kappa shape index (κ2) is 7.99. The molecule has 0 aromatic heterocycles. The fraction of sp³-hybridized carbons (Fsp3) is 0.667. The molecule has 1 rings (SSSR count). The first-order valence-corrected chi connectivity index (χ1v) is 8.87. The van der Waals surface area contributed by atoms with E-state index in [9.17, 15) is 4.79 Å². The van der Waals surface area contributed by atoms with E-state index in [0.29, 0.717) is 30.6 Å². The van der Waals surface area contributed by atoms with Crippen LogP contribution in [0.5, 0.6) is 5.75 Å². The minimum absolute atomic E-state index is 0.0148. The van der Waals surface area contributed by atoms with Gasteiger partial charge in [0, 0.05) is 12.3 Å². The zero-order valence-electron chi connectivity index (χ0n) is 16.2. The van der Waals surface area contributed by atoms with Crippen LogP contribution in [0.1, 0.15) is 78.9 Å². The van der Waals surface area contributed by atoms with Crippen molar-refractivity contribution in [2.75, 3.05) is 6.61 Å². The van der Waals surface area contributed by atoms with E-state index >= 15 is 0 Å². The first-order chi connectivity index (χ1) is 10.6. The minimum atomic E-state index is -0.0275. The van der Waals surface area contributed by atoms with E-state index in [2.05, 4.69) is 66.7 Å². The SMILES string of the molecule is CCC(=O)C(c1ccc(OCC(C)C)c(C(C)(C)C)c1)C(C)C. The van der Waals surface area contributed by atoms with Gasteiger partial charge in [-0.2, -0.15) is 0 Å². The second-order valence-electron chi connectivity index (χ2n) is 8.25. The van der Waals surface area contributed by atoms with Crippen LogP contribution in [0.4, 0.5) is 0 Å². The predicted octanol–water partition coefficient (Wildman–Crippen LogP) is 5.74. The fourth-order valence-electron chi connectivity index (χ4n) is 2.87. The molecule has 1 aromatic rings. The third-order valence-corrected chi connectivity index (χ3v) is 4.10. The molecule has 0 aliphatic carbocycles. The molecule has 0 aliphatic rings. The standard InChI is InChI=1S/C21H34O2/c1-9-18(22)20(15(4)5)16-10-11-19(23-13-14(2)3)17(12-16)21(6,7)8/h10-12,14-15,20H,9,13H2,1-8H3. The molecule has 1 unspecified atom stereocenters. The summed E-state index contributed by atoms with van der Waals surface area (Å²) in [5.74, 6) is 2.03. The van der Waals surface area contributed by atoms with Gasteiger partial charge < -0.3 is 4.74 Å². The summed E-state index contributed by atoms with van der Waals surface area (Å²) < 4.78 is 6.02. The van der Waals surface area contributed by atoms with Crippen molar-refractivity contribution in [3.63, 3.8) is 0 Å². The van der Waals surface area contributed by atoms with Gasteiger partial charge >= 0.3 is 0 Å². The van der Waals surface area contributed by atoms with E-state index in [1.54, 1.807) is 0 Å². The highest BCUT2D eigenvalue weighted by atomic mass is 16.5. The molecule has 0 saturated carbocycles. The number of ether oxygens (including phenoxy) is 1. The Labute approximate surface area is 142 Å². The van der Waals surface area contributed by atoms with E-state index in [0.717, 1.165) is 11.3 Å². The number of carbonyl (C=O) groups excluding carboxylic acids is 1. The number of ketones is 1. The molecule has 0 fully saturated rings. The summed E-state index contributed by atoms with van der Waals surface area (Å²) in [6.07, 6.45) is 0.583. The normalized spacial score (nSPS) is 13.5. The molecule has 23 heavy (non-hydrogen) atoms. The summed E-state index contributed by atoms with van der Waals surface area (Å²) in [5, 5.41) is 0. The van der Waals surface area contributed by atoms with Crippen molar-refractivity contribution in [3.05, 3.63) is 29.3 Å². The predicted molar refractivity (Wildman–Crippen MR) is 98.4 cm³/mol. The molecule has 130 valence electrons. The number of carbonyl (C=O) groups is 1. The highest BCUT2D eigenvalue weighted by Gasteiger charge is 2.26. The quantitative estimate of drug-likeness (QED) is 0.641. The van der Waals surface area contributed by atoms with Gasteiger partial charge in [-0.3, -0.25) is 4.79 Å². The largest absolute Gasteiger partial charge is 0.493 e. The van der Waals surface area contributed by atoms with Crippen LogP contribution in [-0.2, 0) is 10.2 Å². The number of hydrogen-bond acceptors (Lipinski definition) is 2. The second-order valence-corrected chi connectivity index (χ2v) is 8.25. The summed E-state index contributed by atoms with van der Waals surface area (Å²) in [5.41, 5.74) is 2.29. The Kier molecular flexibility index (Phi) is 6.85. The maximum Gasteiger partial charge on any atom is 0.140 e. The van der Waals surface area contributed by atoms with Crippen LogP contribution in [-0.4, -0.2) is 12.4 Å². The molecule has 1 aromatic carbocycles. The highest BCUT2D eigenvalue weighted by molar-refractivity contribution is 5.85. The number of Topliss-reactive ketones (excluding diaryl/α,β-unsaturated/α-hetero) is 1. The van der Waals surface area contributed by atoms with Gasteiger partial charge in [-0.25, -0.2) is 0 Å². The summed E-state index contributed by atoms with van der Waals surface area (Å²) >= 11 is 0. The van der Waals surface area contributed by atoms with Crippen molar-refractivity contribution in [1.29, 1.82) is 0 Å². The van der Waals surface area contributed by atoms with Gasteiger partial charge in [0.15, 0.2) is 0 Å². The summed E-state index contributed by atoms with van der Waals surface area (Å²) in [4.78, 5) is 12.4. The van der Waals surface area contributed by atoms with Gasteiger partial charge in [-0.1, -0.05) is 67.5 Å². The Bertz CT molecular complexity index is 521. The molecule has 1 atom stereocenters. The van der Waals surface area contributed by atoms with Crippen molar-refractivity contribution < 1.29 is 9.53 Å². The Morgan fingerprint density at radius 1 is 1.13 bits per heavy atom. The van der Waals surface area contributed by atoms with Crippen molar-refractivity contribution in [2.45, 2.75) is 73.1 Å². The molecular weight excluding hydrogens is 284 g/mol. The van der Waals surface area contributed by atoms with E-state index in [1.165, 1.54) is 5.56 Å². The zero-order valence-corrected chi connectivity index (χ0v) is 16.2. The van der Waals surface area contributed by atoms with Crippen molar-refractivity contribution in [1.82, 2.24) is 0 Å². The molecule has 0 radical (unpaired) electrons. The first kappa shape index (κ1) is 19.7. The molecular formula is C21H34O2. The van der Waals surface area contributed by atoms with E-state index in [-0.39, 0.29) is 11.3 Å². The first-order valence-electron chi connectivity index (χ1n) is 8.87. The minimum Gasteiger partial charge on any atom is -0.493 e. The third kappa shape index (κ3) is 5.37. The summed E-state index contributed by atoms with van der Waals surface area (Å²) in [7, 11) is 0. The number of hydrogen-bond donors (Lipinski definition) is 0. The lowest BCUT2D eigenvalue weighted by molar-refractivity contribution is -0.121. The zero-order chi connectivity index (χ0) is 17.8. The lowest BCUT2D eigenvalue weighted by atomic mass is 9.79. The number of benzene rings is 1. The molecule has 0 N–H and O–H groups in total. The van der Waals surface area contributed by atoms with Gasteiger partial charge in [-0.15, -0.1) is 0 Å². The van der Waals surface area contributed by atoms with E-state index in [1.807, 2.05) is 6.92 Å². The maximum absolute atomic E-state index is 12.4. The summed E-state index contributed by atoms with van der Waals surface area (Å²) in [6.45, 7) is 17.8. The van der Waals surface area contributed by atoms with Gasteiger partial charge in [0.2, 0.25) is 0 Å². The van der Waals surface area contributed by atoms with E-state index in [4.69, 9.17) is 4.74 Å². The topological polar surface area (TPSA) is 26.3 Å². The van der Waals surface area contributed by atoms with Crippen molar-refractivity contribution in [3.8, 4) is 5.75 Å². The Morgan fingerprint density at radius 2 is 1.74 bits per heavy atom. The monoisotopic (exact) mass is 318 g/mol. The molecule has 0 bridgehead atoms. The molecule has 2 heteroatoms. The lowest BCUT2D eigenvalue weighted by Gasteiger charge is -2.27. The Hall–Kier alpha value is -1.31. The average molecular weight is 319 g/mol. The van der Waals surface area contributed by atoms with Crippen molar-refractivity contribution in [2.24, 2.45) is 11.8 Å². The van der Waals surface area contributed by atoms with Gasteiger partial charge in [-0.05, 0) is 34.4 Å². The molecule has 0 amide bonds. The van der Waals surface area contributed by atoms with Gasteiger partial charge in [0.25, 0.3) is 0 Å². The molecule has 0 saturated heterocycles. The van der Waals surface area contributed by atoms with Crippen LogP contribution in [0.2, 0.25) is 0 Å². The van der Waals surface area contributed by atoms with Gasteiger partial charge in [0.05, 0.1) is 6.61 Å². The average Bonchev–Trinajstić information content (AvgIpc) is 2.44. The molecule has 0 spiro atoms. The van der Waals surface area contributed by atoms with Crippen molar-refractivity contribution >= 4 is 5.78 Å². The lowest BCUT2D eigenvalue weighted by Crippen LogP contribution is -2.20. The molecule has 0 heterocycles. The Balaban J connectivity index is 3.29. The van der Waals surface area contributed by atoms with Crippen LogP contribution < -0.4 is 4.74 Å². The molecule has 2 nitrogen and oxygen atoms in total. The Morgan fingerprint density at radius 3 is 2.17 bits per heavy atom. The fourth-order valence-corrected chi connectivity index (χ4v) is 2.87. The smallest absolute Gasteiger partial charge is 0.140 e. The van der Waals surface area contributed by atoms with Crippen LogP contribution in [0.15, 0.2) is 18.2 Å². The van der Waals surface area contributed by atoms with Gasteiger partial charge in [0.1, 0.15) is 11.5 Å². The maximum atomic E-state index is 12.4. The van der Waals surface area contributed by atoms with Crippen LogP contribution in [0.3, 0.4) is 0 Å². The van der Waals surface area contributed by atoms with E-state index < -0.39 is 0 Å². The number of rotatable bonds is 7. The van der Waals surface area contributed by atoms with Crippen LogP contribution in [0, 0.1) is 11.8 Å².